The minimum Gasteiger partial charge on any atom is -0.464 e. The van der Waals surface area contributed by atoms with Crippen LogP contribution in [0.15, 0.2) is 35.8 Å². The first kappa shape index (κ1) is 47.0. The van der Waals surface area contributed by atoms with Crippen LogP contribution in [0.3, 0.4) is 0 Å². The summed E-state index contributed by atoms with van der Waals surface area (Å²) in [5, 5.41) is 5.28. The number of carbonyl (C=O) groups excluding carboxylic acids is 3. The van der Waals surface area contributed by atoms with Crippen molar-refractivity contribution in [2.24, 2.45) is 29.1 Å². The number of esters is 1. The number of hydrazine groups is 1. The molecular weight excluding hydrogens is 873 g/mol. The second kappa shape index (κ2) is 18.4. The van der Waals surface area contributed by atoms with Crippen molar-refractivity contribution < 1.29 is 28.6 Å². The number of hydrogen-bond donors (Lipinski definition) is 1. The fourth-order valence-corrected chi connectivity index (χ4v) is 13.2. The quantitative estimate of drug-likeness (QED) is 0.0987. The Balaban J connectivity index is 1.20. The predicted octanol–water partition coefficient (Wildman–Crippen LogP) is 8.12. The number of nitrogens with one attached hydrogen (secondary N) is 1. The maximum Gasteiger partial charge on any atom is 0.324 e. The van der Waals surface area contributed by atoms with E-state index in [1.807, 2.05) is 18.5 Å². The van der Waals surface area contributed by atoms with Crippen molar-refractivity contribution in [2.75, 3.05) is 65.0 Å². The summed E-state index contributed by atoms with van der Waals surface area (Å²) in [7, 11) is 3.92. The van der Waals surface area contributed by atoms with Gasteiger partial charge in [-0.2, -0.15) is 0 Å². The van der Waals surface area contributed by atoms with Crippen molar-refractivity contribution in [3.8, 4) is 22.5 Å². The average Bonchev–Trinajstić information content (AvgIpc) is 4.15. The average molecular weight is 941 g/mol. The molecule has 5 aliphatic rings. The lowest BCUT2D eigenvalue weighted by atomic mass is 9.84. The maximum atomic E-state index is 15.1. The molecule has 4 aromatic rings. The zero-order valence-electron chi connectivity index (χ0n) is 40.4. The van der Waals surface area contributed by atoms with E-state index < -0.39 is 28.4 Å². The summed E-state index contributed by atoms with van der Waals surface area (Å²) >= 11 is 2.68. The molecule has 1 spiro atoms. The SMILES string of the molecule is CCO[C@@H]1c2nc(cs2)-c2ccc3c(c2)c(c(-c2cc(N4CCCN(C)CC4)cnc2[C@H](C)OC)n3CC)CC(C)(C)COC(=O)[C@@H]2CCCN(N2)C(=O)C12SN2C(=O)[C@@H]1[C@@H](C)[C@H]1C(C)C. The van der Waals surface area contributed by atoms with Gasteiger partial charge >= 0.3 is 5.97 Å². The van der Waals surface area contributed by atoms with Crippen molar-refractivity contribution in [3.63, 3.8) is 0 Å². The van der Waals surface area contributed by atoms with Crippen molar-refractivity contribution in [1.29, 1.82) is 0 Å². The van der Waals surface area contributed by atoms with E-state index in [4.69, 9.17) is 24.2 Å². The number of rotatable bonds is 9. The maximum absolute atomic E-state index is 15.1. The molecule has 2 amide bonds. The lowest BCUT2D eigenvalue weighted by Gasteiger charge is -2.36. The molecule has 9 rings (SSSR count). The fraction of sp³-hybridized carbons (Fsp3) is 0.620. The van der Waals surface area contributed by atoms with Gasteiger partial charge in [-0.3, -0.25) is 28.7 Å². The van der Waals surface area contributed by atoms with Gasteiger partial charge in [0.05, 0.1) is 41.7 Å². The molecule has 1 unspecified atom stereocenters. The third kappa shape index (κ3) is 8.45. The third-order valence-electron chi connectivity index (χ3n) is 14.7. The number of cyclic esters (lactones) is 1. The molecule has 14 nitrogen and oxygen atoms in total. The predicted molar refractivity (Wildman–Crippen MR) is 261 cm³/mol. The Bertz CT molecular complexity index is 2490. The minimum atomic E-state index is -1.40. The van der Waals surface area contributed by atoms with Crippen LogP contribution in [0.2, 0.25) is 0 Å². The van der Waals surface area contributed by atoms with Crippen molar-refractivity contribution in [3.05, 3.63) is 52.1 Å². The molecule has 16 heteroatoms. The molecule has 6 bridgehead atoms. The number of ether oxygens (including phenoxy) is 3. The Hall–Kier alpha value is -4.06. The van der Waals surface area contributed by atoms with Crippen LogP contribution in [0.4, 0.5) is 5.69 Å². The molecular formula is C50H68N8O6S2. The van der Waals surface area contributed by atoms with E-state index in [1.165, 1.54) is 28.3 Å². The molecule has 3 saturated heterocycles. The second-order valence-electron chi connectivity index (χ2n) is 20.2. The molecule has 0 radical (unpaired) electrons. The van der Waals surface area contributed by atoms with Crippen LogP contribution in [-0.4, -0.2) is 118 Å². The van der Waals surface area contributed by atoms with E-state index in [2.05, 4.69) is 99.6 Å². The summed E-state index contributed by atoms with van der Waals surface area (Å²) in [5.41, 5.74) is 10.8. The summed E-state index contributed by atoms with van der Waals surface area (Å²) in [5.74, 6) is -0.121. The van der Waals surface area contributed by atoms with Crippen LogP contribution in [0, 0.1) is 29.1 Å². The molecule has 1 saturated carbocycles. The highest BCUT2D eigenvalue weighted by molar-refractivity contribution is 8.06. The molecule has 1 aliphatic carbocycles. The number of benzene rings is 1. The number of hydrogen-bond acceptors (Lipinski definition) is 13. The number of pyridine rings is 1. The number of aromatic nitrogens is 3. The van der Waals surface area contributed by atoms with Crippen LogP contribution in [-0.2, 0) is 41.6 Å². The number of carbonyl (C=O) groups is 3. The molecule has 1 N–H and O–H groups in total. The van der Waals surface area contributed by atoms with Gasteiger partial charge in [0.1, 0.15) is 11.0 Å². The minimum absolute atomic E-state index is 0.0459. The van der Waals surface area contributed by atoms with Gasteiger partial charge in [-0.15, -0.1) is 11.3 Å². The monoisotopic (exact) mass is 940 g/mol. The summed E-state index contributed by atoms with van der Waals surface area (Å²) in [4.78, 5) is 57.6. The summed E-state index contributed by atoms with van der Waals surface area (Å²) in [6, 6.07) is 8.14. The Kier molecular flexibility index (Phi) is 13.1. The number of nitrogens with zero attached hydrogens (tertiary/aromatic N) is 7. The van der Waals surface area contributed by atoms with E-state index in [1.54, 1.807) is 11.4 Å². The Morgan fingerprint density at radius 3 is 2.59 bits per heavy atom. The highest BCUT2D eigenvalue weighted by Gasteiger charge is 2.73. The van der Waals surface area contributed by atoms with E-state index in [9.17, 15) is 9.59 Å². The van der Waals surface area contributed by atoms with Crippen molar-refractivity contribution >= 4 is 57.7 Å². The van der Waals surface area contributed by atoms with Gasteiger partial charge in [-0.1, -0.05) is 40.7 Å². The normalized spacial score (nSPS) is 27.6. The molecule has 66 heavy (non-hydrogen) atoms. The van der Waals surface area contributed by atoms with Gasteiger partial charge in [-0.25, -0.2) is 10.4 Å². The molecule has 4 fully saturated rings. The fourth-order valence-electron chi connectivity index (χ4n) is 11.0. The first-order chi connectivity index (χ1) is 31.6. The second-order valence-corrected chi connectivity index (χ2v) is 22.3. The van der Waals surface area contributed by atoms with Crippen molar-refractivity contribution in [2.45, 2.75) is 111 Å². The lowest BCUT2D eigenvalue weighted by molar-refractivity contribution is -0.158. The Labute approximate surface area is 398 Å². The third-order valence-corrected chi connectivity index (χ3v) is 16.9. The van der Waals surface area contributed by atoms with E-state index in [0.29, 0.717) is 49.9 Å². The van der Waals surface area contributed by atoms with E-state index in [-0.39, 0.29) is 42.3 Å². The van der Waals surface area contributed by atoms with Gasteiger partial charge in [0.25, 0.3) is 5.91 Å². The zero-order chi connectivity index (χ0) is 46.8. The zero-order valence-corrected chi connectivity index (χ0v) is 42.0. The van der Waals surface area contributed by atoms with Crippen LogP contribution in [0.25, 0.3) is 33.4 Å². The van der Waals surface area contributed by atoms with Gasteiger partial charge < -0.3 is 28.6 Å². The number of aryl methyl sites for hydroxylation is 1. The standard InChI is InChI=1S/C50H68N8O6S2/c1-11-56-39-17-16-32-23-34(39)36(43(56)35-24-33(26-51-42(35)31(6)62-10)55-19-14-18-54(9)21-22-55)25-49(7,8)28-64-47(60)37-15-13-20-57(53-37)48(61)50(44(63-12-2)45-52-38(32)27-65-45)58(66-50)46(59)41-30(5)40(41)29(3)4/h16-17,23-24,26-27,29-31,37,40-41,44,53H,11-15,18-22,25,28H2,1-10H3/t30-,31-,37-,40+,41+,44+,50?,58?/m0/s1. The Morgan fingerprint density at radius 1 is 1.06 bits per heavy atom. The number of fused-ring (bicyclic) bond motifs is 6. The lowest BCUT2D eigenvalue weighted by Crippen LogP contribution is -2.60. The smallest absolute Gasteiger partial charge is 0.324 e. The molecule has 7 heterocycles. The largest absolute Gasteiger partial charge is 0.464 e. The first-order valence-electron chi connectivity index (χ1n) is 24.1. The van der Waals surface area contributed by atoms with Crippen LogP contribution < -0.4 is 10.3 Å². The van der Waals surface area contributed by atoms with Gasteiger partial charge in [0.2, 0.25) is 10.8 Å². The van der Waals surface area contributed by atoms with Crippen molar-refractivity contribution in [1.82, 2.24) is 34.2 Å². The van der Waals surface area contributed by atoms with E-state index in [0.717, 1.165) is 83.0 Å². The molecule has 7 atom stereocenters. The highest BCUT2D eigenvalue weighted by atomic mass is 32.2. The molecule has 3 aromatic heterocycles. The number of thiazole rings is 1. The topological polar surface area (TPSA) is 134 Å². The van der Waals surface area contributed by atoms with Crippen LogP contribution >= 0.6 is 23.3 Å². The summed E-state index contributed by atoms with van der Waals surface area (Å²) < 4.78 is 22.9. The molecule has 1 aromatic carbocycles. The van der Waals surface area contributed by atoms with Gasteiger partial charge in [0.15, 0.2) is 6.10 Å². The van der Waals surface area contributed by atoms with E-state index >= 15 is 4.79 Å². The number of amides is 2. The van der Waals surface area contributed by atoms with Crippen LogP contribution in [0.1, 0.15) is 103 Å². The number of anilines is 1. The highest BCUT2D eigenvalue weighted by Crippen LogP contribution is 2.65. The van der Waals surface area contributed by atoms with Crippen LogP contribution in [0.5, 0.6) is 0 Å². The summed E-state index contributed by atoms with van der Waals surface area (Å²) in [6.07, 6.45) is 3.67. The number of likely N-dealkylation sites (N-methyl/N-ethyl adjacent to an activating group) is 1. The summed E-state index contributed by atoms with van der Waals surface area (Å²) in [6.45, 7) is 22.3. The van der Waals surface area contributed by atoms with Gasteiger partial charge in [0, 0.05) is 85.2 Å². The first-order valence-corrected chi connectivity index (χ1v) is 25.7. The Morgan fingerprint density at radius 2 is 1.86 bits per heavy atom. The van der Waals surface area contributed by atoms with Gasteiger partial charge in [-0.05, 0) is 114 Å². The number of methoxy groups -OCH3 is 1. The molecule has 356 valence electrons. The molecule has 4 aliphatic heterocycles.